The lowest BCUT2D eigenvalue weighted by Crippen LogP contribution is -2.12. The molecule has 0 atom stereocenters. The highest BCUT2D eigenvalue weighted by Gasteiger charge is 2.09. The van der Waals surface area contributed by atoms with Crippen LogP contribution in [-0.4, -0.2) is 11.2 Å². The molecule has 0 radical (unpaired) electrons. The SMILES string of the molecule is CSc1cccc(Nc2cccc(Br)c2C(N)=S)c1. The summed E-state index contributed by atoms with van der Waals surface area (Å²) >= 11 is 10.3. The first-order valence-corrected chi connectivity index (χ1v) is 8.04. The maximum absolute atomic E-state index is 5.78. The zero-order valence-electron chi connectivity index (χ0n) is 10.3. The minimum atomic E-state index is 0.371. The van der Waals surface area contributed by atoms with Crippen molar-refractivity contribution in [2.75, 3.05) is 11.6 Å². The summed E-state index contributed by atoms with van der Waals surface area (Å²) in [6, 6.07) is 14.0. The van der Waals surface area contributed by atoms with Gasteiger partial charge < -0.3 is 11.1 Å². The molecule has 0 saturated carbocycles. The Bertz CT molecular complexity index is 614. The second-order valence-corrected chi connectivity index (χ2v) is 6.06. The van der Waals surface area contributed by atoms with Gasteiger partial charge in [-0.3, -0.25) is 0 Å². The van der Waals surface area contributed by atoms with Gasteiger partial charge in [-0.1, -0.05) is 24.4 Å². The molecule has 0 aromatic heterocycles. The monoisotopic (exact) mass is 352 g/mol. The minimum Gasteiger partial charge on any atom is -0.389 e. The van der Waals surface area contributed by atoms with Gasteiger partial charge in [0.15, 0.2) is 0 Å². The number of hydrogen-bond donors (Lipinski definition) is 2. The van der Waals surface area contributed by atoms with E-state index in [1.165, 1.54) is 4.90 Å². The van der Waals surface area contributed by atoms with E-state index in [0.29, 0.717) is 4.99 Å². The molecule has 0 aliphatic heterocycles. The lowest BCUT2D eigenvalue weighted by Gasteiger charge is -2.13. The Morgan fingerprint density at radius 1 is 1.26 bits per heavy atom. The van der Waals surface area contributed by atoms with Crippen molar-refractivity contribution in [2.45, 2.75) is 4.90 Å². The number of hydrogen-bond acceptors (Lipinski definition) is 3. The molecule has 0 bridgehead atoms. The summed E-state index contributed by atoms with van der Waals surface area (Å²) in [5.74, 6) is 0. The van der Waals surface area contributed by atoms with E-state index in [0.717, 1.165) is 21.4 Å². The highest BCUT2D eigenvalue weighted by molar-refractivity contribution is 9.10. The van der Waals surface area contributed by atoms with Crippen molar-refractivity contribution in [1.82, 2.24) is 0 Å². The van der Waals surface area contributed by atoms with Crippen LogP contribution in [0.2, 0.25) is 0 Å². The minimum absolute atomic E-state index is 0.371. The number of thioether (sulfide) groups is 1. The normalized spacial score (nSPS) is 10.2. The molecule has 2 rings (SSSR count). The van der Waals surface area contributed by atoms with Crippen LogP contribution in [0.15, 0.2) is 51.8 Å². The number of nitrogens with two attached hydrogens (primary N) is 1. The summed E-state index contributed by atoms with van der Waals surface area (Å²) < 4.78 is 0.894. The average molecular weight is 353 g/mol. The van der Waals surface area contributed by atoms with Crippen LogP contribution in [0.25, 0.3) is 0 Å². The molecular formula is C14H13BrN2S2. The molecule has 0 aliphatic rings. The fourth-order valence-electron chi connectivity index (χ4n) is 1.74. The van der Waals surface area contributed by atoms with Gasteiger partial charge in [0.05, 0.1) is 0 Å². The van der Waals surface area contributed by atoms with E-state index in [1.54, 1.807) is 11.8 Å². The van der Waals surface area contributed by atoms with Gasteiger partial charge in [0.1, 0.15) is 4.99 Å². The van der Waals surface area contributed by atoms with E-state index in [2.05, 4.69) is 39.6 Å². The van der Waals surface area contributed by atoms with Gasteiger partial charge in [-0.25, -0.2) is 0 Å². The van der Waals surface area contributed by atoms with Crippen LogP contribution in [0.1, 0.15) is 5.56 Å². The van der Waals surface area contributed by atoms with Crippen molar-refractivity contribution in [3.05, 3.63) is 52.5 Å². The van der Waals surface area contributed by atoms with Crippen LogP contribution in [0, 0.1) is 0 Å². The van der Waals surface area contributed by atoms with Crippen LogP contribution >= 0.6 is 39.9 Å². The third-order valence-corrected chi connectivity index (χ3v) is 4.20. The van der Waals surface area contributed by atoms with E-state index in [9.17, 15) is 0 Å². The maximum atomic E-state index is 5.78. The molecule has 0 spiro atoms. The number of anilines is 2. The predicted octanol–water partition coefficient (Wildman–Crippen LogP) is 4.55. The molecule has 2 nitrogen and oxygen atoms in total. The van der Waals surface area contributed by atoms with Gasteiger partial charge in [0.2, 0.25) is 0 Å². The number of nitrogens with one attached hydrogen (secondary N) is 1. The molecule has 5 heteroatoms. The van der Waals surface area contributed by atoms with Crippen LogP contribution in [0.4, 0.5) is 11.4 Å². The van der Waals surface area contributed by atoms with E-state index >= 15 is 0 Å². The zero-order valence-corrected chi connectivity index (χ0v) is 13.5. The topological polar surface area (TPSA) is 38.0 Å². The number of thiocarbonyl (C=S) groups is 1. The second kappa shape index (κ2) is 6.41. The molecule has 98 valence electrons. The molecule has 2 aromatic carbocycles. The Hall–Kier alpha value is -1.04. The maximum Gasteiger partial charge on any atom is 0.107 e. The predicted molar refractivity (Wildman–Crippen MR) is 91.5 cm³/mol. The molecule has 19 heavy (non-hydrogen) atoms. The van der Waals surface area contributed by atoms with Crippen LogP contribution < -0.4 is 11.1 Å². The first-order valence-electron chi connectivity index (χ1n) is 5.61. The average Bonchev–Trinajstić information content (AvgIpc) is 2.38. The molecule has 0 aliphatic carbocycles. The van der Waals surface area contributed by atoms with Crippen LogP contribution in [-0.2, 0) is 0 Å². The van der Waals surface area contributed by atoms with Crippen molar-refractivity contribution in [1.29, 1.82) is 0 Å². The van der Waals surface area contributed by atoms with E-state index < -0.39 is 0 Å². The lowest BCUT2D eigenvalue weighted by molar-refractivity contribution is 1.43. The number of benzene rings is 2. The molecule has 3 N–H and O–H groups in total. The molecule has 0 amide bonds. The van der Waals surface area contributed by atoms with Gasteiger partial charge >= 0.3 is 0 Å². The molecule has 0 unspecified atom stereocenters. The first kappa shape index (κ1) is 14.4. The van der Waals surface area contributed by atoms with Gasteiger partial charge in [0, 0.05) is 26.3 Å². The van der Waals surface area contributed by atoms with Crippen LogP contribution in [0.5, 0.6) is 0 Å². The summed E-state index contributed by atoms with van der Waals surface area (Å²) in [7, 11) is 0. The quantitative estimate of drug-likeness (QED) is 0.625. The van der Waals surface area contributed by atoms with Gasteiger partial charge in [0.25, 0.3) is 0 Å². The van der Waals surface area contributed by atoms with E-state index in [4.69, 9.17) is 18.0 Å². The zero-order chi connectivity index (χ0) is 13.8. The van der Waals surface area contributed by atoms with Crippen molar-refractivity contribution in [2.24, 2.45) is 5.73 Å². The van der Waals surface area contributed by atoms with Gasteiger partial charge in [-0.05, 0) is 52.5 Å². The summed E-state index contributed by atoms with van der Waals surface area (Å²) in [4.78, 5) is 1.58. The van der Waals surface area contributed by atoms with Crippen molar-refractivity contribution < 1.29 is 0 Å². The molecule has 0 saturated heterocycles. The van der Waals surface area contributed by atoms with Crippen molar-refractivity contribution >= 4 is 56.3 Å². The summed E-state index contributed by atoms with van der Waals surface area (Å²) in [6.45, 7) is 0. The Kier molecular flexibility index (Phi) is 4.85. The van der Waals surface area contributed by atoms with Crippen LogP contribution in [0.3, 0.4) is 0 Å². The van der Waals surface area contributed by atoms with Crippen molar-refractivity contribution in [3.8, 4) is 0 Å². The Morgan fingerprint density at radius 2 is 2.00 bits per heavy atom. The molecule has 2 aromatic rings. The summed E-state index contributed by atoms with van der Waals surface area (Å²) in [5.41, 5.74) is 8.53. The standard InChI is InChI=1S/C14H13BrN2S2/c1-19-10-5-2-4-9(8-10)17-12-7-3-6-11(15)13(12)14(16)18/h2-8,17H,1H3,(H2,16,18). The third kappa shape index (κ3) is 3.49. The Morgan fingerprint density at radius 3 is 2.68 bits per heavy atom. The highest BCUT2D eigenvalue weighted by atomic mass is 79.9. The fourth-order valence-corrected chi connectivity index (χ4v) is 3.13. The number of halogens is 1. The number of rotatable bonds is 4. The summed E-state index contributed by atoms with van der Waals surface area (Å²) in [6.07, 6.45) is 2.05. The third-order valence-electron chi connectivity index (χ3n) is 2.61. The summed E-state index contributed by atoms with van der Waals surface area (Å²) in [5, 5.41) is 3.36. The lowest BCUT2D eigenvalue weighted by atomic mass is 10.1. The second-order valence-electron chi connectivity index (χ2n) is 3.88. The largest absolute Gasteiger partial charge is 0.389 e. The molecular weight excluding hydrogens is 340 g/mol. The fraction of sp³-hybridized carbons (Fsp3) is 0.0714. The smallest absolute Gasteiger partial charge is 0.107 e. The first-order chi connectivity index (χ1) is 9.11. The van der Waals surface area contributed by atoms with E-state index in [1.807, 2.05) is 30.3 Å². The highest BCUT2D eigenvalue weighted by Crippen LogP contribution is 2.28. The van der Waals surface area contributed by atoms with E-state index in [-0.39, 0.29) is 0 Å². The Balaban J connectivity index is 2.38. The van der Waals surface area contributed by atoms with Crippen molar-refractivity contribution in [3.63, 3.8) is 0 Å². The van der Waals surface area contributed by atoms with Gasteiger partial charge in [-0.2, -0.15) is 0 Å². The molecule has 0 heterocycles. The Labute approximate surface area is 130 Å². The molecule has 0 fully saturated rings. The van der Waals surface area contributed by atoms with Gasteiger partial charge in [-0.15, -0.1) is 11.8 Å².